The van der Waals surface area contributed by atoms with Gasteiger partial charge in [0.05, 0.1) is 24.5 Å². The van der Waals surface area contributed by atoms with Crippen molar-refractivity contribution in [3.8, 4) is 22.7 Å². The Hall–Kier alpha value is -3.03. The van der Waals surface area contributed by atoms with Crippen molar-refractivity contribution < 1.29 is 9.13 Å². The lowest BCUT2D eigenvalue weighted by molar-refractivity contribution is 0.253. The topological polar surface area (TPSA) is 43.2 Å². The molecule has 7 heteroatoms. The summed E-state index contributed by atoms with van der Waals surface area (Å²) in [4.78, 5) is 6.65. The third-order valence-electron chi connectivity index (χ3n) is 5.11. The molecule has 0 aliphatic heterocycles. The Morgan fingerprint density at radius 1 is 1.20 bits per heavy atom. The van der Waals surface area contributed by atoms with E-state index in [0.29, 0.717) is 6.54 Å². The van der Waals surface area contributed by atoms with E-state index in [4.69, 9.17) is 9.84 Å². The zero-order valence-corrected chi connectivity index (χ0v) is 17.9. The third-order valence-corrected chi connectivity index (χ3v) is 6.06. The molecule has 0 spiro atoms. The van der Waals surface area contributed by atoms with Gasteiger partial charge in [-0.05, 0) is 50.4 Å². The van der Waals surface area contributed by atoms with E-state index in [-0.39, 0.29) is 11.9 Å². The summed E-state index contributed by atoms with van der Waals surface area (Å²) in [6.45, 7) is 2.79. The molecule has 0 radical (unpaired) electrons. The first-order chi connectivity index (χ1) is 14.5. The largest absolute Gasteiger partial charge is 0.497 e. The highest BCUT2D eigenvalue weighted by molar-refractivity contribution is 7.09. The molecule has 2 aromatic heterocycles. The summed E-state index contributed by atoms with van der Waals surface area (Å²) in [6, 6.07) is 14.4. The van der Waals surface area contributed by atoms with Crippen LogP contribution in [-0.2, 0) is 6.54 Å². The summed E-state index contributed by atoms with van der Waals surface area (Å²) in [7, 11) is 3.70. The molecule has 0 aliphatic rings. The third kappa shape index (κ3) is 4.27. The molecule has 5 nitrogen and oxygen atoms in total. The summed E-state index contributed by atoms with van der Waals surface area (Å²) in [5.41, 5.74) is 3.45. The summed E-state index contributed by atoms with van der Waals surface area (Å²) in [5.74, 6) is 0.510. The van der Waals surface area contributed by atoms with Crippen LogP contribution in [0.2, 0.25) is 0 Å². The molecule has 30 heavy (non-hydrogen) atoms. The van der Waals surface area contributed by atoms with E-state index < -0.39 is 0 Å². The molecule has 0 bridgehead atoms. The van der Waals surface area contributed by atoms with Gasteiger partial charge in [0.15, 0.2) is 0 Å². The van der Waals surface area contributed by atoms with Crippen molar-refractivity contribution in [1.82, 2.24) is 19.7 Å². The Balaban J connectivity index is 1.70. The van der Waals surface area contributed by atoms with Gasteiger partial charge in [-0.25, -0.2) is 14.1 Å². The summed E-state index contributed by atoms with van der Waals surface area (Å²) >= 11 is 1.64. The minimum absolute atomic E-state index is 0.162. The fourth-order valence-electron chi connectivity index (χ4n) is 3.31. The van der Waals surface area contributed by atoms with Crippen molar-refractivity contribution in [2.75, 3.05) is 14.2 Å². The minimum atomic E-state index is -0.276. The number of thiazole rings is 1. The van der Waals surface area contributed by atoms with Crippen molar-refractivity contribution in [3.05, 3.63) is 82.7 Å². The number of aromatic nitrogens is 3. The highest BCUT2D eigenvalue weighted by Crippen LogP contribution is 2.29. The van der Waals surface area contributed by atoms with Gasteiger partial charge < -0.3 is 4.74 Å². The van der Waals surface area contributed by atoms with Crippen LogP contribution in [0.1, 0.15) is 23.5 Å². The molecule has 4 aromatic rings. The van der Waals surface area contributed by atoms with E-state index in [1.54, 1.807) is 24.5 Å². The van der Waals surface area contributed by atoms with Gasteiger partial charge in [0, 0.05) is 35.4 Å². The normalized spacial score (nSPS) is 12.3. The standard InChI is InChI=1S/C23H23FN4OS/c1-16(23-25-11-12-30-23)27(2)14-18-15-28(20-7-9-21(29-3)10-8-20)26-22(18)17-5-4-6-19(24)13-17/h4-13,15-16H,14H2,1-3H3/t16-/m1/s1. The van der Waals surface area contributed by atoms with Gasteiger partial charge in [0.25, 0.3) is 0 Å². The predicted octanol–water partition coefficient (Wildman–Crippen LogP) is 5.34. The number of halogens is 1. The summed E-state index contributed by atoms with van der Waals surface area (Å²) in [5, 5.41) is 7.84. The first-order valence-corrected chi connectivity index (χ1v) is 10.5. The average Bonchev–Trinajstić information content (AvgIpc) is 3.44. The number of nitrogens with zero attached hydrogens (tertiary/aromatic N) is 4. The van der Waals surface area contributed by atoms with Crippen LogP contribution in [0.3, 0.4) is 0 Å². The fourth-order valence-corrected chi connectivity index (χ4v) is 4.07. The number of benzene rings is 2. The van der Waals surface area contributed by atoms with E-state index in [9.17, 15) is 4.39 Å². The van der Waals surface area contributed by atoms with Crippen LogP contribution in [0.15, 0.2) is 66.3 Å². The van der Waals surface area contributed by atoms with Crippen LogP contribution in [0, 0.1) is 5.82 Å². The van der Waals surface area contributed by atoms with E-state index in [0.717, 1.165) is 33.3 Å². The van der Waals surface area contributed by atoms with Crippen molar-refractivity contribution in [2.24, 2.45) is 0 Å². The molecule has 0 N–H and O–H groups in total. The zero-order valence-electron chi connectivity index (χ0n) is 17.1. The van der Waals surface area contributed by atoms with Crippen molar-refractivity contribution in [2.45, 2.75) is 19.5 Å². The molecule has 0 fully saturated rings. The second-order valence-electron chi connectivity index (χ2n) is 7.12. The fraction of sp³-hybridized carbons (Fsp3) is 0.217. The van der Waals surface area contributed by atoms with Crippen molar-refractivity contribution >= 4 is 11.3 Å². The zero-order chi connectivity index (χ0) is 21.1. The molecule has 2 aromatic carbocycles. The number of ether oxygens (including phenoxy) is 1. The van der Waals surface area contributed by atoms with Crippen LogP contribution in [0.4, 0.5) is 4.39 Å². The lowest BCUT2D eigenvalue weighted by Gasteiger charge is -2.22. The first kappa shape index (κ1) is 20.3. The van der Waals surface area contributed by atoms with Gasteiger partial charge in [-0.3, -0.25) is 4.90 Å². The lowest BCUT2D eigenvalue weighted by atomic mass is 10.1. The molecule has 0 amide bonds. The Labute approximate surface area is 179 Å². The van der Waals surface area contributed by atoms with Crippen LogP contribution >= 0.6 is 11.3 Å². The minimum Gasteiger partial charge on any atom is -0.497 e. The molecule has 2 heterocycles. The van der Waals surface area contributed by atoms with Crippen LogP contribution in [-0.4, -0.2) is 33.8 Å². The molecule has 0 saturated heterocycles. The molecule has 4 rings (SSSR count). The van der Waals surface area contributed by atoms with Crippen LogP contribution in [0.25, 0.3) is 16.9 Å². The number of hydrogen-bond donors (Lipinski definition) is 0. The maximum absolute atomic E-state index is 13.9. The molecule has 0 aliphatic carbocycles. The maximum Gasteiger partial charge on any atom is 0.123 e. The van der Waals surface area contributed by atoms with Gasteiger partial charge >= 0.3 is 0 Å². The number of hydrogen-bond acceptors (Lipinski definition) is 5. The van der Waals surface area contributed by atoms with Gasteiger partial charge in [0.1, 0.15) is 16.6 Å². The highest BCUT2D eigenvalue weighted by Gasteiger charge is 2.19. The van der Waals surface area contributed by atoms with E-state index in [2.05, 4.69) is 23.9 Å². The predicted molar refractivity (Wildman–Crippen MR) is 118 cm³/mol. The van der Waals surface area contributed by atoms with E-state index >= 15 is 0 Å². The monoisotopic (exact) mass is 422 g/mol. The Bertz CT molecular complexity index is 1110. The lowest BCUT2D eigenvalue weighted by Crippen LogP contribution is -2.21. The summed E-state index contributed by atoms with van der Waals surface area (Å²) < 4.78 is 21.0. The van der Waals surface area contributed by atoms with Gasteiger partial charge in [0.2, 0.25) is 0 Å². The number of methoxy groups -OCH3 is 1. The Kier molecular flexibility index (Phi) is 5.92. The van der Waals surface area contributed by atoms with Gasteiger partial charge in [-0.1, -0.05) is 12.1 Å². The SMILES string of the molecule is COc1ccc(-n2cc(CN(C)[C@H](C)c3nccs3)c(-c3cccc(F)c3)n2)cc1. The molecular formula is C23H23FN4OS. The Morgan fingerprint density at radius 2 is 2.00 bits per heavy atom. The summed E-state index contributed by atoms with van der Waals surface area (Å²) in [6.07, 6.45) is 3.83. The van der Waals surface area contributed by atoms with Crippen LogP contribution in [0.5, 0.6) is 5.75 Å². The van der Waals surface area contributed by atoms with Crippen molar-refractivity contribution in [1.29, 1.82) is 0 Å². The van der Waals surface area contributed by atoms with E-state index in [1.165, 1.54) is 12.1 Å². The second kappa shape index (κ2) is 8.77. The Morgan fingerprint density at radius 3 is 2.67 bits per heavy atom. The van der Waals surface area contributed by atoms with Crippen LogP contribution < -0.4 is 4.74 Å². The number of rotatable bonds is 7. The average molecular weight is 423 g/mol. The van der Waals surface area contributed by atoms with Gasteiger partial charge in [-0.15, -0.1) is 11.3 Å². The second-order valence-corrected chi connectivity index (χ2v) is 8.04. The smallest absolute Gasteiger partial charge is 0.123 e. The first-order valence-electron chi connectivity index (χ1n) is 9.63. The maximum atomic E-state index is 13.9. The molecule has 1 atom stereocenters. The van der Waals surface area contributed by atoms with E-state index in [1.807, 2.05) is 52.8 Å². The quantitative estimate of drug-likeness (QED) is 0.403. The van der Waals surface area contributed by atoms with Gasteiger partial charge in [-0.2, -0.15) is 5.10 Å². The molecule has 0 unspecified atom stereocenters. The molecule has 0 saturated carbocycles. The highest BCUT2D eigenvalue weighted by atomic mass is 32.1. The molecule has 154 valence electrons. The molecular weight excluding hydrogens is 399 g/mol. The van der Waals surface area contributed by atoms with Crippen molar-refractivity contribution in [3.63, 3.8) is 0 Å².